The number of aliphatic hydroxyl groups is 1. The largest absolute Gasteiger partial charge is 0.386 e. The van der Waals surface area contributed by atoms with Crippen molar-refractivity contribution in [3.05, 3.63) is 34.4 Å². The van der Waals surface area contributed by atoms with Gasteiger partial charge in [0.15, 0.2) is 0 Å². The smallest absolute Gasteiger partial charge is 0.0845 e. The molecular formula is C15H24O. The molecule has 1 rings (SSSR count). The van der Waals surface area contributed by atoms with Crippen LogP contribution in [0.3, 0.4) is 0 Å². The van der Waals surface area contributed by atoms with Gasteiger partial charge in [-0.1, -0.05) is 32.9 Å². The van der Waals surface area contributed by atoms with Crippen LogP contribution in [0.2, 0.25) is 0 Å². The fraction of sp³-hybridized carbons (Fsp3) is 0.600. The summed E-state index contributed by atoms with van der Waals surface area (Å²) in [6, 6.07) is 4.49. The SMILES string of the molecule is CCc1cc(CC)c(C(C)(C)O)c(CC)c1. The minimum absolute atomic E-state index is 0.733. The molecule has 0 spiro atoms. The molecule has 1 aromatic carbocycles. The van der Waals surface area contributed by atoms with Gasteiger partial charge < -0.3 is 5.11 Å². The summed E-state index contributed by atoms with van der Waals surface area (Å²) in [7, 11) is 0. The standard InChI is InChI=1S/C15H24O/c1-6-11-9-12(7-2)14(15(4,5)16)13(8-3)10-11/h9-10,16H,6-8H2,1-5H3. The van der Waals surface area contributed by atoms with Crippen LogP contribution in [0.25, 0.3) is 0 Å². The quantitative estimate of drug-likeness (QED) is 0.822. The summed E-state index contributed by atoms with van der Waals surface area (Å²) in [5.74, 6) is 0. The predicted octanol–water partition coefficient (Wildman–Crippen LogP) is 3.60. The summed E-state index contributed by atoms with van der Waals surface area (Å²) >= 11 is 0. The Hall–Kier alpha value is -0.820. The van der Waals surface area contributed by atoms with Gasteiger partial charge in [0.25, 0.3) is 0 Å². The molecule has 0 heterocycles. The lowest BCUT2D eigenvalue weighted by molar-refractivity contribution is 0.0767. The van der Waals surface area contributed by atoms with Crippen molar-refractivity contribution in [3.63, 3.8) is 0 Å². The first kappa shape index (κ1) is 13.2. The molecular weight excluding hydrogens is 196 g/mol. The summed E-state index contributed by atoms with van der Waals surface area (Å²) in [4.78, 5) is 0. The van der Waals surface area contributed by atoms with E-state index < -0.39 is 5.60 Å². The van der Waals surface area contributed by atoms with Gasteiger partial charge in [0.05, 0.1) is 5.60 Å². The fourth-order valence-corrected chi connectivity index (χ4v) is 2.39. The molecule has 0 radical (unpaired) electrons. The Bertz CT molecular complexity index is 333. The Morgan fingerprint density at radius 1 is 0.938 bits per heavy atom. The van der Waals surface area contributed by atoms with Crippen LogP contribution in [0, 0.1) is 0 Å². The third-order valence-corrected chi connectivity index (χ3v) is 3.14. The van der Waals surface area contributed by atoms with Crippen LogP contribution < -0.4 is 0 Å². The number of hydrogen-bond acceptors (Lipinski definition) is 1. The third kappa shape index (κ3) is 2.65. The highest BCUT2D eigenvalue weighted by molar-refractivity contribution is 5.42. The molecule has 0 atom stereocenters. The zero-order valence-electron chi connectivity index (χ0n) is 11.2. The molecule has 0 saturated carbocycles. The second-order valence-electron chi connectivity index (χ2n) is 4.91. The van der Waals surface area contributed by atoms with E-state index in [1.807, 2.05) is 13.8 Å². The maximum Gasteiger partial charge on any atom is 0.0845 e. The fourth-order valence-electron chi connectivity index (χ4n) is 2.39. The van der Waals surface area contributed by atoms with Crippen LogP contribution in [0.1, 0.15) is 56.9 Å². The van der Waals surface area contributed by atoms with Gasteiger partial charge >= 0.3 is 0 Å². The van der Waals surface area contributed by atoms with Gasteiger partial charge in [-0.15, -0.1) is 0 Å². The summed E-state index contributed by atoms with van der Waals surface area (Å²) in [5.41, 5.74) is 4.37. The first-order chi connectivity index (χ1) is 7.43. The Labute approximate surface area is 99.5 Å². The van der Waals surface area contributed by atoms with Gasteiger partial charge in [0.2, 0.25) is 0 Å². The van der Waals surface area contributed by atoms with E-state index in [0.29, 0.717) is 0 Å². The van der Waals surface area contributed by atoms with Gasteiger partial charge in [-0.25, -0.2) is 0 Å². The topological polar surface area (TPSA) is 20.2 Å². The molecule has 16 heavy (non-hydrogen) atoms. The van der Waals surface area contributed by atoms with Gasteiger partial charge in [-0.05, 0) is 55.4 Å². The lowest BCUT2D eigenvalue weighted by Gasteiger charge is -2.25. The van der Waals surface area contributed by atoms with Gasteiger partial charge in [0, 0.05) is 0 Å². The normalized spacial score (nSPS) is 11.9. The first-order valence-electron chi connectivity index (χ1n) is 6.31. The zero-order valence-corrected chi connectivity index (χ0v) is 11.2. The van der Waals surface area contributed by atoms with Crippen LogP contribution in [-0.2, 0) is 24.9 Å². The lowest BCUT2D eigenvalue weighted by Crippen LogP contribution is -2.21. The molecule has 0 aliphatic carbocycles. The minimum Gasteiger partial charge on any atom is -0.386 e. The van der Waals surface area contributed by atoms with E-state index in [-0.39, 0.29) is 0 Å². The monoisotopic (exact) mass is 220 g/mol. The van der Waals surface area contributed by atoms with Crippen molar-refractivity contribution < 1.29 is 5.11 Å². The molecule has 1 nitrogen and oxygen atoms in total. The van der Waals surface area contributed by atoms with Gasteiger partial charge in [0.1, 0.15) is 0 Å². The number of hydrogen-bond donors (Lipinski definition) is 1. The van der Waals surface area contributed by atoms with E-state index in [9.17, 15) is 5.11 Å². The summed E-state index contributed by atoms with van der Waals surface area (Å²) in [5, 5.41) is 10.3. The molecule has 1 heteroatoms. The average Bonchev–Trinajstić information content (AvgIpc) is 2.25. The molecule has 1 N–H and O–H groups in total. The lowest BCUT2D eigenvalue weighted by atomic mass is 9.85. The average molecular weight is 220 g/mol. The van der Waals surface area contributed by atoms with Crippen molar-refractivity contribution in [2.45, 2.75) is 59.5 Å². The second kappa shape index (κ2) is 5.01. The predicted molar refractivity (Wildman–Crippen MR) is 69.8 cm³/mol. The van der Waals surface area contributed by atoms with E-state index in [0.717, 1.165) is 24.8 Å². The maximum absolute atomic E-state index is 10.3. The van der Waals surface area contributed by atoms with Crippen molar-refractivity contribution in [1.29, 1.82) is 0 Å². The zero-order chi connectivity index (χ0) is 12.3. The highest BCUT2D eigenvalue weighted by Gasteiger charge is 2.22. The molecule has 0 aliphatic rings. The van der Waals surface area contributed by atoms with E-state index >= 15 is 0 Å². The Balaban J connectivity index is 3.44. The first-order valence-corrected chi connectivity index (χ1v) is 6.31. The molecule has 0 fully saturated rings. The summed E-state index contributed by atoms with van der Waals surface area (Å²) in [6.07, 6.45) is 3.03. The molecule has 1 aromatic rings. The van der Waals surface area contributed by atoms with Gasteiger partial charge in [-0.2, -0.15) is 0 Å². The number of benzene rings is 1. The highest BCUT2D eigenvalue weighted by Crippen LogP contribution is 2.30. The Morgan fingerprint density at radius 2 is 1.38 bits per heavy atom. The van der Waals surface area contributed by atoms with Crippen molar-refractivity contribution in [2.24, 2.45) is 0 Å². The third-order valence-electron chi connectivity index (χ3n) is 3.14. The Kier molecular flexibility index (Phi) is 4.15. The van der Waals surface area contributed by atoms with E-state index in [4.69, 9.17) is 0 Å². The van der Waals surface area contributed by atoms with Crippen molar-refractivity contribution >= 4 is 0 Å². The van der Waals surface area contributed by atoms with Crippen LogP contribution in [0.4, 0.5) is 0 Å². The van der Waals surface area contributed by atoms with E-state index in [2.05, 4.69) is 32.9 Å². The van der Waals surface area contributed by atoms with Crippen LogP contribution in [-0.4, -0.2) is 5.11 Å². The van der Waals surface area contributed by atoms with Crippen LogP contribution >= 0.6 is 0 Å². The molecule has 90 valence electrons. The maximum atomic E-state index is 10.3. The van der Waals surface area contributed by atoms with E-state index in [1.165, 1.54) is 16.7 Å². The molecule has 0 aromatic heterocycles. The highest BCUT2D eigenvalue weighted by atomic mass is 16.3. The van der Waals surface area contributed by atoms with Crippen molar-refractivity contribution in [3.8, 4) is 0 Å². The summed E-state index contributed by atoms with van der Waals surface area (Å²) < 4.78 is 0. The second-order valence-corrected chi connectivity index (χ2v) is 4.91. The number of aryl methyl sites for hydroxylation is 3. The van der Waals surface area contributed by atoms with E-state index in [1.54, 1.807) is 0 Å². The molecule has 0 amide bonds. The van der Waals surface area contributed by atoms with Crippen LogP contribution in [0.15, 0.2) is 12.1 Å². The molecule has 0 unspecified atom stereocenters. The molecule has 0 saturated heterocycles. The van der Waals surface area contributed by atoms with Crippen molar-refractivity contribution in [2.75, 3.05) is 0 Å². The Morgan fingerprint density at radius 3 is 1.62 bits per heavy atom. The summed E-state index contributed by atoms with van der Waals surface area (Å²) in [6.45, 7) is 10.3. The number of rotatable bonds is 4. The van der Waals surface area contributed by atoms with Gasteiger partial charge in [-0.3, -0.25) is 0 Å². The molecule has 0 bridgehead atoms. The molecule has 0 aliphatic heterocycles. The van der Waals surface area contributed by atoms with Crippen LogP contribution in [0.5, 0.6) is 0 Å². The van der Waals surface area contributed by atoms with Crippen molar-refractivity contribution in [1.82, 2.24) is 0 Å². The minimum atomic E-state index is -0.733.